The van der Waals surface area contributed by atoms with Gasteiger partial charge in [-0.3, -0.25) is 9.58 Å². The smallest absolute Gasteiger partial charge is 0.414 e. The predicted molar refractivity (Wildman–Crippen MR) is 114 cm³/mol. The molecule has 1 amide bonds. The lowest BCUT2D eigenvalue weighted by Crippen LogP contribution is -2.26. The van der Waals surface area contributed by atoms with E-state index in [1.54, 1.807) is 24.3 Å². The van der Waals surface area contributed by atoms with E-state index in [1.807, 2.05) is 0 Å². The van der Waals surface area contributed by atoms with Crippen molar-refractivity contribution in [3.63, 3.8) is 0 Å². The number of rotatable bonds is 4. The first-order valence-electron chi connectivity index (χ1n) is 9.70. The van der Waals surface area contributed by atoms with E-state index in [0.29, 0.717) is 10.9 Å². The first-order valence-corrected chi connectivity index (χ1v) is 9.70. The lowest BCUT2D eigenvalue weighted by molar-refractivity contribution is 0.181. The van der Waals surface area contributed by atoms with Crippen molar-refractivity contribution in [2.75, 3.05) is 29.5 Å². The van der Waals surface area contributed by atoms with Crippen LogP contribution < -0.4 is 16.4 Å². The Hall–Kier alpha value is -4.28. The fraction of sp³-hybridized carbons (Fsp3) is 0.143. The van der Waals surface area contributed by atoms with Crippen molar-refractivity contribution in [1.82, 2.24) is 19.7 Å². The maximum Gasteiger partial charge on any atom is 0.414 e. The quantitative estimate of drug-likeness (QED) is 0.503. The highest BCUT2D eigenvalue weighted by Crippen LogP contribution is 2.34. The summed E-state index contributed by atoms with van der Waals surface area (Å²) in [6, 6.07) is 10.6. The monoisotopic (exact) mass is 437 g/mol. The molecule has 2 aromatic heterocycles. The molecule has 11 heteroatoms. The van der Waals surface area contributed by atoms with Crippen LogP contribution in [0.5, 0.6) is 0 Å². The van der Waals surface area contributed by atoms with E-state index >= 15 is 0 Å². The zero-order chi connectivity index (χ0) is 22.4. The van der Waals surface area contributed by atoms with Gasteiger partial charge in [0.15, 0.2) is 17.5 Å². The van der Waals surface area contributed by atoms with Crippen LogP contribution in [0.4, 0.5) is 30.9 Å². The average Bonchev–Trinajstić information content (AvgIpc) is 3.34. The Labute approximate surface area is 180 Å². The number of nitrogens with two attached hydrogens (primary N) is 2. The molecule has 2 aromatic carbocycles. The van der Waals surface area contributed by atoms with Crippen LogP contribution in [0.15, 0.2) is 42.5 Å². The number of amides is 1. The molecular formula is C21H17F2N7O2. The minimum atomic E-state index is -0.596. The van der Waals surface area contributed by atoms with E-state index in [-0.39, 0.29) is 54.1 Å². The molecule has 162 valence electrons. The van der Waals surface area contributed by atoms with E-state index in [2.05, 4.69) is 15.1 Å². The third kappa shape index (κ3) is 3.14. The fourth-order valence-electron chi connectivity index (χ4n) is 3.73. The largest absolute Gasteiger partial charge is 0.447 e. The number of anilines is 3. The number of nitrogens with zero attached hydrogens (tertiary/aromatic N) is 5. The standard InChI is InChI=1S/C21H17F2N7O2/c22-13-6-2-1-4-11(13)10-30-16-12(5-3-7-14(16)23)15(28-30)20-26-18(24)17(19(25)27-20)29-8-9-32-21(29)31/h1-7H,8-10H2,(H4,24,25,26,27). The molecule has 0 radical (unpaired) electrons. The minimum absolute atomic E-state index is 0.00717. The summed E-state index contributed by atoms with van der Waals surface area (Å²) in [6.45, 7) is 0.456. The van der Waals surface area contributed by atoms with Crippen LogP contribution in [0.3, 0.4) is 0 Å². The van der Waals surface area contributed by atoms with Crippen molar-refractivity contribution in [3.8, 4) is 11.5 Å². The molecule has 4 aromatic rings. The summed E-state index contributed by atoms with van der Waals surface area (Å²) in [6.07, 6.45) is -0.596. The lowest BCUT2D eigenvalue weighted by Gasteiger charge is -2.16. The maximum atomic E-state index is 14.7. The summed E-state index contributed by atoms with van der Waals surface area (Å²) >= 11 is 0. The number of carbonyl (C=O) groups excluding carboxylic acids is 1. The van der Waals surface area contributed by atoms with E-state index in [1.165, 1.54) is 27.8 Å². The van der Waals surface area contributed by atoms with Crippen molar-refractivity contribution in [2.24, 2.45) is 0 Å². The second-order valence-electron chi connectivity index (χ2n) is 7.17. The zero-order valence-electron chi connectivity index (χ0n) is 16.6. The summed E-state index contributed by atoms with van der Waals surface area (Å²) < 4.78 is 35.2. The van der Waals surface area contributed by atoms with Crippen molar-refractivity contribution < 1.29 is 18.3 Å². The first kappa shape index (κ1) is 19.7. The van der Waals surface area contributed by atoms with Gasteiger partial charge >= 0.3 is 6.09 Å². The van der Waals surface area contributed by atoms with E-state index in [9.17, 15) is 13.6 Å². The number of nitrogen functional groups attached to an aromatic ring is 2. The number of cyclic esters (lactones) is 1. The molecule has 1 aliphatic rings. The van der Waals surface area contributed by atoms with Gasteiger partial charge in [0, 0.05) is 10.9 Å². The van der Waals surface area contributed by atoms with Crippen molar-refractivity contribution in [1.29, 1.82) is 0 Å². The molecule has 1 aliphatic heterocycles. The van der Waals surface area contributed by atoms with Gasteiger partial charge in [-0.05, 0) is 12.1 Å². The third-order valence-electron chi connectivity index (χ3n) is 5.18. The number of para-hydroxylation sites is 1. The summed E-state index contributed by atoms with van der Waals surface area (Å²) in [4.78, 5) is 21.7. The Morgan fingerprint density at radius 3 is 2.41 bits per heavy atom. The molecular weight excluding hydrogens is 420 g/mol. The van der Waals surface area contributed by atoms with E-state index in [0.717, 1.165) is 0 Å². The number of hydrogen-bond acceptors (Lipinski definition) is 7. The summed E-state index contributed by atoms with van der Waals surface area (Å²) in [5, 5.41) is 4.86. The number of hydrogen-bond donors (Lipinski definition) is 2. The molecule has 4 N–H and O–H groups in total. The van der Waals surface area contributed by atoms with Crippen molar-refractivity contribution in [3.05, 3.63) is 59.7 Å². The molecule has 0 aliphatic carbocycles. The summed E-state index contributed by atoms with van der Waals surface area (Å²) in [5.74, 6) is -0.992. The molecule has 1 fully saturated rings. The number of carbonyl (C=O) groups is 1. The maximum absolute atomic E-state index is 14.7. The Bertz CT molecular complexity index is 1350. The van der Waals surface area contributed by atoms with Gasteiger partial charge in [0.05, 0.1) is 13.1 Å². The Kier molecular flexibility index (Phi) is 4.58. The second kappa shape index (κ2) is 7.45. The first-order chi connectivity index (χ1) is 15.4. The van der Waals surface area contributed by atoms with Crippen LogP contribution in [0, 0.1) is 11.6 Å². The Balaban J connectivity index is 1.64. The van der Waals surface area contributed by atoms with Crippen LogP contribution in [-0.2, 0) is 11.3 Å². The van der Waals surface area contributed by atoms with Crippen LogP contribution in [0.25, 0.3) is 22.4 Å². The second-order valence-corrected chi connectivity index (χ2v) is 7.17. The van der Waals surface area contributed by atoms with E-state index < -0.39 is 17.7 Å². The minimum Gasteiger partial charge on any atom is -0.447 e. The third-order valence-corrected chi connectivity index (χ3v) is 5.18. The molecule has 32 heavy (non-hydrogen) atoms. The van der Waals surface area contributed by atoms with Gasteiger partial charge in [-0.2, -0.15) is 5.10 Å². The van der Waals surface area contributed by atoms with E-state index in [4.69, 9.17) is 16.2 Å². The molecule has 0 atom stereocenters. The van der Waals surface area contributed by atoms with Gasteiger partial charge in [0.25, 0.3) is 0 Å². The molecule has 0 saturated carbocycles. The average molecular weight is 437 g/mol. The van der Waals surface area contributed by atoms with Crippen molar-refractivity contribution >= 4 is 34.3 Å². The topological polar surface area (TPSA) is 125 Å². The lowest BCUT2D eigenvalue weighted by atomic mass is 10.1. The van der Waals surface area contributed by atoms with Gasteiger partial charge in [0.1, 0.15) is 35.1 Å². The molecule has 9 nitrogen and oxygen atoms in total. The van der Waals surface area contributed by atoms with Gasteiger partial charge in [0.2, 0.25) is 0 Å². The number of benzene rings is 2. The number of fused-ring (bicyclic) bond motifs is 1. The van der Waals surface area contributed by atoms with Crippen LogP contribution in [0.1, 0.15) is 5.56 Å². The van der Waals surface area contributed by atoms with Gasteiger partial charge < -0.3 is 16.2 Å². The molecule has 1 saturated heterocycles. The summed E-state index contributed by atoms with van der Waals surface area (Å²) in [5.41, 5.74) is 13.1. The fourth-order valence-corrected chi connectivity index (χ4v) is 3.73. The number of ether oxygens (including phenoxy) is 1. The summed E-state index contributed by atoms with van der Waals surface area (Å²) in [7, 11) is 0. The molecule has 0 unspecified atom stereocenters. The Morgan fingerprint density at radius 2 is 1.72 bits per heavy atom. The normalized spacial score (nSPS) is 13.7. The number of halogens is 2. The zero-order valence-corrected chi connectivity index (χ0v) is 16.6. The molecule has 3 heterocycles. The highest BCUT2D eigenvalue weighted by atomic mass is 19.1. The van der Waals surface area contributed by atoms with Gasteiger partial charge in [-0.15, -0.1) is 0 Å². The highest BCUT2D eigenvalue weighted by molar-refractivity contribution is 5.97. The van der Waals surface area contributed by atoms with Crippen LogP contribution >= 0.6 is 0 Å². The SMILES string of the molecule is Nc1nc(-c2nn(Cc3ccccc3F)c3c(F)cccc23)nc(N)c1N1CCOC1=O. The Morgan fingerprint density at radius 1 is 1.00 bits per heavy atom. The van der Waals surface area contributed by atoms with Crippen molar-refractivity contribution in [2.45, 2.75) is 6.54 Å². The predicted octanol–water partition coefficient (Wildman–Crippen LogP) is 2.94. The molecule has 0 spiro atoms. The highest BCUT2D eigenvalue weighted by Gasteiger charge is 2.30. The molecule has 5 rings (SSSR count). The number of aromatic nitrogens is 4. The molecule has 0 bridgehead atoms. The van der Waals surface area contributed by atoms with Gasteiger partial charge in [-0.1, -0.05) is 30.3 Å². The van der Waals surface area contributed by atoms with Crippen LogP contribution in [-0.4, -0.2) is 39.0 Å². The van der Waals surface area contributed by atoms with Gasteiger partial charge in [-0.25, -0.2) is 23.5 Å². The van der Waals surface area contributed by atoms with Crippen LogP contribution in [0.2, 0.25) is 0 Å².